The molecule has 0 saturated carbocycles. The molecule has 0 aromatic heterocycles. The third-order valence-electron chi connectivity index (χ3n) is 2.18. The van der Waals surface area contributed by atoms with Gasteiger partial charge in [0.05, 0.1) is 0 Å². The van der Waals surface area contributed by atoms with Gasteiger partial charge >= 0.3 is 6.09 Å². The first kappa shape index (κ1) is 14.2. The van der Waals surface area contributed by atoms with E-state index in [0.29, 0.717) is 12.5 Å². The number of alkyl carbamates (subject to hydrolysis) is 1. The van der Waals surface area contributed by atoms with Crippen LogP contribution in [0.3, 0.4) is 0 Å². The molecule has 0 aliphatic carbocycles. The van der Waals surface area contributed by atoms with Crippen molar-refractivity contribution < 1.29 is 18.3 Å². The third kappa shape index (κ3) is 5.43. The number of halogens is 2. The summed E-state index contributed by atoms with van der Waals surface area (Å²) in [6.45, 7) is 1.78. The Morgan fingerprint density at radius 1 is 1.39 bits per heavy atom. The lowest BCUT2D eigenvalue weighted by atomic mass is 10.2. The second kappa shape index (κ2) is 7.42. The molecule has 0 radical (unpaired) electrons. The molecular weight excluding hydrogens is 240 g/mol. The number of hydrogen-bond donors (Lipinski definition) is 1. The predicted molar refractivity (Wildman–Crippen MR) is 64.1 cm³/mol. The maximum Gasteiger partial charge on any atom is 0.411 e. The van der Waals surface area contributed by atoms with Gasteiger partial charge in [0, 0.05) is 11.8 Å². The molecule has 0 atom stereocenters. The maximum atomic E-state index is 12.1. The number of nitrogens with one attached hydrogen (secondary N) is 1. The number of amides is 1. The molecule has 1 aromatic rings. The molecule has 0 aliphatic rings. The average molecular weight is 255 g/mol. The topological polar surface area (TPSA) is 38.3 Å². The average Bonchev–Trinajstić information content (AvgIpc) is 2.36. The highest BCUT2D eigenvalue weighted by molar-refractivity contribution is 5.69. The lowest BCUT2D eigenvalue weighted by Gasteiger charge is -2.09. The Kier molecular flexibility index (Phi) is 5.84. The molecule has 5 heteroatoms. The van der Waals surface area contributed by atoms with Crippen LogP contribution >= 0.6 is 0 Å². The molecule has 1 rings (SSSR count). The van der Waals surface area contributed by atoms with Crippen LogP contribution < -0.4 is 5.32 Å². The third-order valence-corrected chi connectivity index (χ3v) is 2.18. The van der Waals surface area contributed by atoms with E-state index in [1.165, 1.54) is 0 Å². The van der Waals surface area contributed by atoms with Gasteiger partial charge in [-0.15, -0.1) is 0 Å². The minimum absolute atomic E-state index is 0.109. The molecule has 3 nitrogen and oxygen atoms in total. The van der Waals surface area contributed by atoms with Crippen molar-refractivity contribution in [1.29, 1.82) is 0 Å². The smallest absolute Gasteiger partial charge is 0.411 e. The van der Waals surface area contributed by atoms with Gasteiger partial charge < -0.3 is 4.74 Å². The fraction of sp³-hybridized carbons (Fsp3) is 0.308. The van der Waals surface area contributed by atoms with Gasteiger partial charge in [0.2, 0.25) is 0 Å². The Morgan fingerprint density at radius 3 is 2.61 bits per heavy atom. The molecule has 0 bridgehead atoms. The zero-order chi connectivity index (χ0) is 13.4. The van der Waals surface area contributed by atoms with Crippen molar-refractivity contribution in [3.8, 4) is 0 Å². The number of benzene rings is 1. The fourth-order valence-corrected chi connectivity index (χ4v) is 1.29. The number of alkyl halides is 2. The second-order valence-corrected chi connectivity index (χ2v) is 3.57. The lowest BCUT2D eigenvalue weighted by Crippen LogP contribution is -2.23. The maximum absolute atomic E-state index is 12.1. The van der Waals surface area contributed by atoms with Crippen molar-refractivity contribution in [3.05, 3.63) is 47.7 Å². The summed E-state index contributed by atoms with van der Waals surface area (Å²) in [5.41, 5.74) is 0.992. The standard InChI is InChI=1S/C13H15F2NO2/c1-2-11(8-12(14)15)16-13(17)18-9-10-6-4-3-5-7-10/h3-8,12H,2,9H2,1H3,(H,16,17). The van der Waals surface area contributed by atoms with Crippen LogP contribution in [0.25, 0.3) is 0 Å². The number of carbonyl (C=O) groups excluding carboxylic acids is 1. The summed E-state index contributed by atoms with van der Waals surface area (Å²) in [5.74, 6) is 0. The first-order valence-corrected chi connectivity index (χ1v) is 5.58. The van der Waals surface area contributed by atoms with Crippen LogP contribution in [-0.2, 0) is 11.3 Å². The summed E-state index contributed by atoms with van der Waals surface area (Å²) in [6, 6.07) is 9.12. The zero-order valence-corrected chi connectivity index (χ0v) is 10.0. The summed E-state index contributed by atoms with van der Waals surface area (Å²) >= 11 is 0. The van der Waals surface area contributed by atoms with Crippen molar-refractivity contribution in [3.63, 3.8) is 0 Å². The first-order chi connectivity index (χ1) is 8.61. The van der Waals surface area contributed by atoms with Crippen LogP contribution in [0.4, 0.5) is 13.6 Å². The zero-order valence-electron chi connectivity index (χ0n) is 10.0. The Hall–Kier alpha value is -1.91. The minimum atomic E-state index is -2.59. The summed E-state index contributed by atoms with van der Waals surface area (Å²) in [6.07, 6.45) is -2.31. The SMILES string of the molecule is CCC(=CC(F)F)NC(=O)OCc1ccccc1. The van der Waals surface area contributed by atoms with Crippen molar-refractivity contribution >= 4 is 6.09 Å². The van der Waals surface area contributed by atoms with E-state index in [2.05, 4.69) is 5.32 Å². The Bertz CT molecular complexity index is 405. The van der Waals surface area contributed by atoms with E-state index in [0.717, 1.165) is 5.56 Å². The van der Waals surface area contributed by atoms with E-state index in [-0.39, 0.29) is 12.3 Å². The van der Waals surface area contributed by atoms with Gasteiger partial charge in [0.1, 0.15) is 6.61 Å². The highest BCUT2D eigenvalue weighted by Gasteiger charge is 2.07. The van der Waals surface area contributed by atoms with Crippen molar-refractivity contribution in [2.75, 3.05) is 0 Å². The van der Waals surface area contributed by atoms with Gasteiger partial charge in [-0.1, -0.05) is 37.3 Å². The molecule has 1 aromatic carbocycles. The normalized spacial score (nSPS) is 11.4. The van der Waals surface area contributed by atoms with Gasteiger partial charge in [0.25, 0.3) is 6.43 Å². The fourth-order valence-electron chi connectivity index (χ4n) is 1.29. The molecule has 1 amide bonds. The monoisotopic (exact) mass is 255 g/mol. The highest BCUT2D eigenvalue weighted by Crippen LogP contribution is 2.04. The number of hydrogen-bond acceptors (Lipinski definition) is 2. The van der Waals surface area contributed by atoms with Crippen molar-refractivity contribution in [2.24, 2.45) is 0 Å². The van der Waals surface area contributed by atoms with Crippen LogP contribution in [0.2, 0.25) is 0 Å². The largest absolute Gasteiger partial charge is 0.444 e. The number of ether oxygens (including phenoxy) is 1. The second-order valence-electron chi connectivity index (χ2n) is 3.57. The van der Waals surface area contributed by atoms with Crippen molar-refractivity contribution in [2.45, 2.75) is 26.4 Å². The summed E-state index contributed by atoms with van der Waals surface area (Å²) in [4.78, 5) is 11.3. The van der Waals surface area contributed by atoms with Gasteiger partial charge in [-0.05, 0) is 12.0 Å². The molecule has 0 heterocycles. The van der Waals surface area contributed by atoms with E-state index in [1.54, 1.807) is 6.92 Å². The van der Waals surface area contributed by atoms with E-state index in [4.69, 9.17) is 4.74 Å². The molecule has 18 heavy (non-hydrogen) atoms. The van der Waals surface area contributed by atoms with Crippen LogP contribution in [0.1, 0.15) is 18.9 Å². The molecule has 0 saturated heterocycles. The molecule has 0 aliphatic heterocycles. The predicted octanol–water partition coefficient (Wildman–Crippen LogP) is 3.47. The highest BCUT2D eigenvalue weighted by atomic mass is 19.3. The summed E-state index contributed by atoms with van der Waals surface area (Å²) < 4.78 is 29.1. The van der Waals surface area contributed by atoms with Gasteiger partial charge in [-0.3, -0.25) is 5.32 Å². The molecule has 1 N–H and O–H groups in total. The Morgan fingerprint density at radius 2 is 2.06 bits per heavy atom. The van der Waals surface area contributed by atoms with E-state index >= 15 is 0 Å². The van der Waals surface area contributed by atoms with Crippen LogP contribution in [-0.4, -0.2) is 12.5 Å². The number of allylic oxidation sites excluding steroid dienone is 2. The Balaban J connectivity index is 2.42. The number of rotatable bonds is 5. The minimum Gasteiger partial charge on any atom is -0.444 e. The molecule has 0 spiro atoms. The van der Waals surface area contributed by atoms with Crippen molar-refractivity contribution in [1.82, 2.24) is 5.32 Å². The Labute approximate surface area is 104 Å². The molecule has 0 unspecified atom stereocenters. The quantitative estimate of drug-likeness (QED) is 0.874. The van der Waals surface area contributed by atoms with Gasteiger partial charge in [0.15, 0.2) is 0 Å². The van der Waals surface area contributed by atoms with Gasteiger partial charge in [-0.25, -0.2) is 13.6 Å². The van der Waals surface area contributed by atoms with Crippen LogP contribution in [0.5, 0.6) is 0 Å². The van der Waals surface area contributed by atoms with E-state index in [9.17, 15) is 13.6 Å². The van der Waals surface area contributed by atoms with E-state index < -0.39 is 12.5 Å². The summed E-state index contributed by atoms with van der Waals surface area (Å²) in [5, 5.41) is 2.29. The summed E-state index contributed by atoms with van der Waals surface area (Å²) in [7, 11) is 0. The van der Waals surface area contributed by atoms with Crippen LogP contribution in [0, 0.1) is 0 Å². The van der Waals surface area contributed by atoms with Gasteiger partial charge in [-0.2, -0.15) is 0 Å². The lowest BCUT2D eigenvalue weighted by molar-refractivity contribution is 0.142. The number of carbonyl (C=O) groups is 1. The molecule has 0 fully saturated rings. The van der Waals surface area contributed by atoms with Crippen LogP contribution in [0.15, 0.2) is 42.1 Å². The molecule has 98 valence electrons. The van der Waals surface area contributed by atoms with E-state index in [1.807, 2.05) is 30.3 Å². The molecular formula is C13H15F2NO2. The first-order valence-electron chi connectivity index (χ1n) is 5.58.